The molecule has 0 amide bonds. The SMILES string of the molecule is [NH3+]CC1(O)C[NH+]2CCCC1C2. The van der Waals surface area contributed by atoms with Gasteiger partial charge in [0.2, 0.25) is 0 Å². The lowest BCUT2D eigenvalue weighted by Gasteiger charge is -2.21. The molecule has 3 heteroatoms. The number of aliphatic hydroxyl groups is 1. The molecule has 0 aromatic heterocycles. The van der Waals surface area contributed by atoms with Crippen molar-refractivity contribution in [2.75, 3.05) is 26.2 Å². The van der Waals surface area contributed by atoms with Gasteiger partial charge in [-0.1, -0.05) is 0 Å². The van der Waals surface area contributed by atoms with Crippen LogP contribution in [0.3, 0.4) is 0 Å². The molecule has 2 aliphatic rings. The maximum Gasteiger partial charge on any atom is 0.170 e. The van der Waals surface area contributed by atoms with Gasteiger partial charge in [0.05, 0.1) is 13.1 Å². The van der Waals surface area contributed by atoms with E-state index in [1.54, 1.807) is 4.90 Å². The summed E-state index contributed by atoms with van der Waals surface area (Å²) in [5, 5.41) is 10.1. The molecule has 64 valence electrons. The fourth-order valence-electron chi connectivity index (χ4n) is 2.64. The number of hydrogen-bond donors (Lipinski definition) is 3. The predicted octanol–water partition coefficient (Wildman–Crippen LogP) is -2.73. The van der Waals surface area contributed by atoms with Crippen LogP contribution in [-0.4, -0.2) is 36.9 Å². The van der Waals surface area contributed by atoms with Crippen molar-refractivity contribution in [3.63, 3.8) is 0 Å². The van der Waals surface area contributed by atoms with Gasteiger partial charge < -0.3 is 15.7 Å². The Morgan fingerprint density at radius 1 is 1.64 bits per heavy atom. The van der Waals surface area contributed by atoms with Crippen molar-refractivity contribution in [1.82, 2.24) is 0 Å². The van der Waals surface area contributed by atoms with Crippen LogP contribution in [0.5, 0.6) is 0 Å². The van der Waals surface area contributed by atoms with Crippen molar-refractivity contribution >= 4 is 0 Å². The molecule has 0 aromatic rings. The average Bonchev–Trinajstić information content (AvgIpc) is 2.25. The highest BCUT2D eigenvalue weighted by molar-refractivity contribution is 4.90. The fraction of sp³-hybridized carbons (Fsp3) is 1.00. The van der Waals surface area contributed by atoms with Crippen LogP contribution in [0.4, 0.5) is 0 Å². The Morgan fingerprint density at radius 3 is 3.09 bits per heavy atom. The first-order valence-electron chi connectivity index (χ1n) is 4.60. The lowest BCUT2D eigenvalue weighted by atomic mass is 9.87. The molecule has 0 aromatic carbocycles. The summed E-state index contributed by atoms with van der Waals surface area (Å²) in [6, 6.07) is 0. The highest BCUT2D eigenvalue weighted by Crippen LogP contribution is 2.24. The van der Waals surface area contributed by atoms with Gasteiger partial charge in [-0.25, -0.2) is 0 Å². The van der Waals surface area contributed by atoms with Crippen LogP contribution < -0.4 is 10.6 Å². The average molecular weight is 158 g/mol. The van der Waals surface area contributed by atoms with Crippen LogP contribution in [0.25, 0.3) is 0 Å². The highest BCUT2D eigenvalue weighted by atomic mass is 16.3. The molecule has 5 N–H and O–H groups in total. The van der Waals surface area contributed by atoms with Crippen LogP contribution in [0.15, 0.2) is 0 Å². The smallest absolute Gasteiger partial charge is 0.170 e. The van der Waals surface area contributed by atoms with E-state index in [0.29, 0.717) is 12.5 Å². The van der Waals surface area contributed by atoms with Crippen molar-refractivity contribution < 1.29 is 15.7 Å². The molecule has 2 bridgehead atoms. The molecule has 3 atom stereocenters. The normalized spacial score (nSPS) is 49.6. The standard InChI is InChI=1S/C8H16N2O/c9-5-8(11)6-10-3-1-2-7(8)4-10/h7,11H,1-6,9H2/p+2. The van der Waals surface area contributed by atoms with Crippen LogP contribution in [0.2, 0.25) is 0 Å². The van der Waals surface area contributed by atoms with Gasteiger partial charge in [-0.15, -0.1) is 0 Å². The van der Waals surface area contributed by atoms with Crippen molar-refractivity contribution in [3.05, 3.63) is 0 Å². The van der Waals surface area contributed by atoms with E-state index >= 15 is 0 Å². The van der Waals surface area contributed by atoms with E-state index in [4.69, 9.17) is 0 Å². The number of quaternary nitrogens is 2. The molecule has 2 heterocycles. The Kier molecular flexibility index (Phi) is 1.67. The molecule has 2 fully saturated rings. The third kappa shape index (κ3) is 1.08. The lowest BCUT2D eigenvalue weighted by molar-refractivity contribution is -0.895. The summed E-state index contributed by atoms with van der Waals surface area (Å²) in [4.78, 5) is 1.59. The van der Waals surface area contributed by atoms with Crippen LogP contribution in [-0.2, 0) is 0 Å². The van der Waals surface area contributed by atoms with E-state index in [9.17, 15) is 5.11 Å². The zero-order valence-corrected chi connectivity index (χ0v) is 6.97. The topological polar surface area (TPSA) is 52.3 Å². The van der Waals surface area contributed by atoms with E-state index in [1.165, 1.54) is 25.9 Å². The molecule has 2 aliphatic heterocycles. The van der Waals surface area contributed by atoms with Crippen LogP contribution in [0, 0.1) is 5.92 Å². The van der Waals surface area contributed by atoms with Gasteiger partial charge in [-0.3, -0.25) is 0 Å². The van der Waals surface area contributed by atoms with Crippen molar-refractivity contribution in [3.8, 4) is 0 Å². The monoisotopic (exact) mass is 158 g/mol. The predicted molar refractivity (Wildman–Crippen MR) is 41.0 cm³/mol. The molecule has 0 aliphatic carbocycles. The number of fused-ring (bicyclic) bond motifs is 2. The third-order valence-electron chi connectivity index (χ3n) is 3.37. The highest BCUT2D eigenvalue weighted by Gasteiger charge is 2.50. The summed E-state index contributed by atoms with van der Waals surface area (Å²) in [6.45, 7) is 4.09. The molecule has 3 unspecified atom stereocenters. The van der Waals surface area contributed by atoms with Crippen molar-refractivity contribution in [2.24, 2.45) is 5.92 Å². The molecule has 0 saturated carbocycles. The van der Waals surface area contributed by atoms with E-state index in [0.717, 1.165) is 6.54 Å². The van der Waals surface area contributed by atoms with Gasteiger partial charge in [-0.05, 0) is 12.8 Å². The van der Waals surface area contributed by atoms with E-state index in [1.807, 2.05) is 0 Å². The van der Waals surface area contributed by atoms with E-state index < -0.39 is 5.60 Å². The molecule has 0 spiro atoms. The van der Waals surface area contributed by atoms with Gasteiger partial charge in [-0.2, -0.15) is 0 Å². The second-order valence-corrected chi connectivity index (χ2v) is 4.07. The second kappa shape index (κ2) is 2.44. The van der Waals surface area contributed by atoms with Gasteiger partial charge in [0.25, 0.3) is 0 Å². The van der Waals surface area contributed by atoms with Gasteiger partial charge in [0.15, 0.2) is 5.60 Å². The Balaban J connectivity index is 2.14. The molecule has 11 heavy (non-hydrogen) atoms. The van der Waals surface area contributed by atoms with Crippen molar-refractivity contribution in [2.45, 2.75) is 18.4 Å². The second-order valence-electron chi connectivity index (χ2n) is 4.07. The quantitative estimate of drug-likeness (QED) is 0.381. The number of piperidine rings is 1. The molecular weight excluding hydrogens is 140 g/mol. The largest absolute Gasteiger partial charge is 0.378 e. The molecule has 0 radical (unpaired) electrons. The Morgan fingerprint density at radius 2 is 2.45 bits per heavy atom. The first-order valence-corrected chi connectivity index (χ1v) is 4.60. The van der Waals surface area contributed by atoms with Gasteiger partial charge in [0.1, 0.15) is 13.1 Å². The third-order valence-corrected chi connectivity index (χ3v) is 3.37. The first kappa shape index (κ1) is 7.53. The molecule has 2 rings (SSSR count). The zero-order valence-electron chi connectivity index (χ0n) is 6.97. The zero-order chi connectivity index (χ0) is 7.90. The van der Waals surface area contributed by atoms with Crippen LogP contribution >= 0.6 is 0 Å². The molecular formula is C8H18N2O+2. The molecule has 2 saturated heterocycles. The Hall–Kier alpha value is -0.120. The first-order chi connectivity index (χ1) is 5.24. The maximum absolute atomic E-state index is 10.1. The Bertz CT molecular complexity index is 162. The summed E-state index contributed by atoms with van der Waals surface area (Å²) in [7, 11) is 0. The van der Waals surface area contributed by atoms with Crippen LogP contribution in [0.1, 0.15) is 12.8 Å². The van der Waals surface area contributed by atoms with Gasteiger partial charge in [0, 0.05) is 5.92 Å². The van der Waals surface area contributed by atoms with Crippen molar-refractivity contribution in [1.29, 1.82) is 0 Å². The summed E-state index contributed by atoms with van der Waals surface area (Å²) in [6.07, 6.45) is 2.51. The lowest BCUT2D eigenvalue weighted by Crippen LogP contribution is -3.11. The summed E-state index contributed by atoms with van der Waals surface area (Å²) in [5.74, 6) is 0.545. The molecule has 3 nitrogen and oxygen atoms in total. The summed E-state index contributed by atoms with van der Waals surface area (Å²) in [5.41, 5.74) is 3.43. The Labute approximate surface area is 67.2 Å². The van der Waals surface area contributed by atoms with Gasteiger partial charge >= 0.3 is 0 Å². The number of hydrogen-bond acceptors (Lipinski definition) is 1. The minimum absolute atomic E-state index is 0.411. The van der Waals surface area contributed by atoms with E-state index in [-0.39, 0.29) is 0 Å². The summed E-state index contributed by atoms with van der Waals surface area (Å²) >= 11 is 0. The summed E-state index contributed by atoms with van der Waals surface area (Å²) < 4.78 is 0. The fourth-order valence-corrected chi connectivity index (χ4v) is 2.64. The minimum atomic E-state index is -0.411. The number of rotatable bonds is 1. The number of nitrogens with one attached hydrogen (secondary N) is 1. The van der Waals surface area contributed by atoms with E-state index in [2.05, 4.69) is 5.73 Å². The minimum Gasteiger partial charge on any atom is -0.378 e. The maximum atomic E-state index is 10.1.